The third-order valence-corrected chi connectivity index (χ3v) is 3.75. The molecule has 0 radical (unpaired) electrons. The second-order valence-electron chi connectivity index (χ2n) is 4.22. The van der Waals surface area contributed by atoms with Gasteiger partial charge in [-0.15, -0.1) is 0 Å². The fraction of sp³-hybridized carbons (Fsp3) is 0.417. The van der Waals surface area contributed by atoms with Crippen molar-refractivity contribution in [3.05, 3.63) is 29.0 Å². The molecular weight excluding hydrogens is 252 g/mol. The zero-order valence-corrected chi connectivity index (χ0v) is 10.1. The molecule has 1 saturated carbocycles. The van der Waals surface area contributed by atoms with Crippen LogP contribution in [-0.2, 0) is 0 Å². The van der Waals surface area contributed by atoms with E-state index in [1.807, 2.05) is 12.4 Å². The van der Waals surface area contributed by atoms with Crippen molar-refractivity contribution in [2.45, 2.75) is 31.7 Å². The summed E-state index contributed by atoms with van der Waals surface area (Å²) in [6.45, 7) is 0. The SMILES string of the molecule is Brc1ccc2ncn(C3CCCC3)c2c1. The topological polar surface area (TPSA) is 17.8 Å². The molecule has 1 aromatic heterocycles. The van der Waals surface area contributed by atoms with E-state index in [0.29, 0.717) is 6.04 Å². The van der Waals surface area contributed by atoms with Crippen molar-refractivity contribution in [2.24, 2.45) is 0 Å². The largest absolute Gasteiger partial charge is 0.327 e. The van der Waals surface area contributed by atoms with E-state index in [1.54, 1.807) is 0 Å². The monoisotopic (exact) mass is 264 g/mol. The molecule has 0 amide bonds. The van der Waals surface area contributed by atoms with Crippen molar-refractivity contribution in [2.75, 3.05) is 0 Å². The molecule has 0 saturated heterocycles. The molecule has 0 bridgehead atoms. The number of nitrogens with zero attached hydrogens (tertiary/aromatic N) is 2. The van der Waals surface area contributed by atoms with Gasteiger partial charge >= 0.3 is 0 Å². The number of hydrogen-bond acceptors (Lipinski definition) is 1. The molecule has 1 aliphatic rings. The lowest BCUT2D eigenvalue weighted by molar-refractivity contribution is 0.532. The van der Waals surface area contributed by atoms with Gasteiger partial charge in [-0.2, -0.15) is 0 Å². The van der Waals surface area contributed by atoms with Crippen LogP contribution < -0.4 is 0 Å². The molecule has 2 aromatic rings. The van der Waals surface area contributed by atoms with E-state index in [9.17, 15) is 0 Å². The molecule has 78 valence electrons. The lowest BCUT2D eigenvalue weighted by Crippen LogP contribution is -2.02. The summed E-state index contributed by atoms with van der Waals surface area (Å²) < 4.78 is 3.47. The Morgan fingerprint density at radius 3 is 2.87 bits per heavy atom. The van der Waals surface area contributed by atoms with E-state index >= 15 is 0 Å². The number of imidazole rings is 1. The molecule has 15 heavy (non-hydrogen) atoms. The van der Waals surface area contributed by atoms with E-state index in [1.165, 1.54) is 31.2 Å². The van der Waals surface area contributed by atoms with Crippen molar-refractivity contribution < 1.29 is 0 Å². The molecular formula is C12H13BrN2. The molecule has 0 aliphatic heterocycles. The van der Waals surface area contributed by atoms with Crippen molar-refractivity contribution in [3.8, 4) is 0 Å². The predicted octanol–water partition coefficient (Wildman–Crippen LogP) is 3.91. The summed E-state index contributed by atoms with van der Waals surface area (Å²) in [6.07, 6.45) is 7.32. The molecule has 1 aromatic carbocycles. The van der Waals surface area contributed by atoms with Crippen LogP contribution in [0.3, 0.4) is 0 Å². The first-order chi connectivity index (χ1) is 7.34. The number of benzene rings is 1. The Bertz CT molecular complexity index is 483. The quantitative estimate of drug-likeness (QED) is 0.764. The maximum Gasteiger partial charge on any atom is 0.0960 e. The summed E-state index contributed by atoms with van der Waals surface area (Å²) in [6, 6.07) is 6.96. The normalized spacial score (nSPS) is 17.7. The lowest BCUT2D eigenvalue weighted by Gasteiger charge is -2.11. The first-order valence-corrected chi connectivity index (χ1v) is 6.26. The Kier molecular flexibility index (Phi) is 2.28. The van der Waals surface area contributed by atoms with Crippen LogP contribution in [0.25, 0.3) is 11.0 Å². The molecule has 3 rings (SSSR count). The second kappa shape index (κ2) is 3.63. The lowest BCUT2D eigenvalue weighted by atomic mass is 10.2. The van der Waals surface area contributed by atoms with Crippen LogP contribution in [0.15, 0.2) is 29.0 Å². The molecule has 1 fully saturated rings. The molecule has 2 nitrogen and oxygen atoms in total. The van der Waals surface area contributed by atoms with Gasteiger partial charge in [0.1, 0.15) is 0 Å². The van der Waals surface area contributed by atoms with Crippen LogP contribution in [0.4, 0.5) is 0 Å². The first-order valence-electron chi connectivity index (χ1n) is 5.47. The summed E-state index contributed by atoms with van der Waals surface area (Å²) in [5, 5.41) is 0. The van der Waals surface area contributed by atoms with Gasteiger partial charge in [0, 0.05) is 10.5 Å². The Balaban J connectivity index is 2.13. The van der Waals surface area contributed by atoms with Gasteiger partial charge in [-0.05, 0) is 31.0 Å². The predicted molar refractivity (Wildman–Crippen MR) is 64.9 cm³/mol. The molecule has 1 heterocycles. The van der Waals surface area contributed by atoms with E-state index in [2.05, 4.69) is 37.6 Å². The number of aromatic nitrogens is 2. The van der Waals surface area contributed by atoms with Crippen molar-refractivity contribution >= 4 is 27.0 Å². The number of rotatable bonds is 1. The van der Waals surface area contributed by atoms with Crippen molar-refractivity contribution in [3.63, 3.8) is 0 Å². The summed E-state index contributed by atoms with van der Waals surface area (Å²) in [5.74, 6) is 0. The Morgan fingerprint density at radius 1 is 1.27 bits per heavy atom. The first kappa shape index (κ1) is 9.40. The van der Waals surface area contributed by atoms with Gasteiger partial charge in [0.15, 0.2) is 0 Å². The van der Waals surface area contributed by atoms with Gasteiger partial charge in [0.05, 0.1) is 17.4 Å². The van der Waals surface area contributed by atoms with Gasteiger partial charge in [0.2, 0.25) is 0 Å². The summed E-state index contributed by atoms with van der Waals surface area (Å²) in [5.41, 5.74) is 2.36. The minimum Gasteiger partial charge on any atom is -0.327 e. The van der Waals surface area contributed by atoms with Gasteiger partial charge in [-0.3, -0.25) is 0 Å². The molecule has 0 spiro atoms. The van der Waals surface area contributed by atoms with Crippen LogP contribution in [0.2, 0.25) is 0 Å². The maximum absolute atomic E-state index is 4.45. The average molecular weight is 265 g/mol. The zero-order chi connectivity index (χ0) is 10.3. The molecule has 0 atom stereocenters. The minimum atomic E-state index is 0.671. The molecule has 3 heteroatoms. The van der Waals surface area contributed by atoms with Crippen molar-refractivity contribution in [1.29, 1.82) is 0 Å². The average Bonchev–Trinajstić information content (AvgIpc) is 2.83. The summed E-state index contributed by atoms with van der Waals surface area (Å²) >= 11 is 3.52. The highest BCUT2D eigenvalue weighted by Crippen LogP contribution is 2.32. The van der Waals surface area contributed by atoms with Crippen LogP contribution in [0.5, 0.6) is 0 Å². The standard InChI is InChI=1S/C12H13BrN2/c13-9-5-6-11-12(7-9)15(8-14-11)10-3-1-2-4-10/h5-8,10H,1-4H2. The third kappa shape index (κ3) is 1.59. The van der Waals surface area contributed by atoms with E-state index in [0.717, 1.165) is 9.99 Å². The molecule has 0 unspecified atom stereocenters. The molecule has 0 N–H and O–H groups in total. The van der Waals surface area contributed by atoms with E-state index < -0.39 is 0 Å². The Hall–Kier alpha value is -0.830. The van der Waals surface area contributed by atoms with Crippen molar-refractivity contribution in [1.82, 2.24) is 9.55 Å². The Labute approximate surface area is 97.4 Å². The van der Waals surface area contributed by atoms with Gasteiger partial charge in [-0.25, -0.2) is 4.98 Å². The number of hydrogen-bond donors (Lipinski definition) is 0. The van der Waals surface area contributed by atoms with Gasteiger partial charge in [-0.1, -0.05) is 28.8 Å². The van der Waals surface area contributed by atoms with Gasteiger partial charge < -0.3 is 4.57 Å². The van der Waals surface area contributed by atoms with Crippen LogP contribution >= 0.6 is 15.9 Å². The number of halogens is 1. The molecule has 1 aliphatic carbocycles. The van der Waals surface area contributed by atoms with Crippen LogP contribution in [0.1, 0.15) is 31.7 Å². The second-order valence-corrected chi connectivity index (χ2v) is 5.14. The van der Waals surface area contributed by atoms with Crippen LogP contribution in [-0.4, -0.2) is 9.55 Å². The highest BCUT2D eigenvalue weighted by Gasteiger charge is 2.18. The van der Waals surface area contributed by atoms with E-state index in [-0.39, 0.29) is 0 Å². The minimum absolute atomic E-state index is 0.671. The maximum atomic E-state index is 4.45. The van der Waals surface area contributed by atoms with E-state index in [4.69, 9.17) is 0 Å². The fourth-order valence-corrected chi connectivity index (χ4v) is 2.82. The fourth-order valence-electron chi connectivity index (χ4n) is 2.47. The van der Waals surface area contributed by atoms with Gasteiger partial charge in [0.25, 0.3) is 0 Å². The van der Waals surface area contributed by atoms with Crippen LogP contribution in [0, 0.1) is 0 Å². The highest BCUT2D eigenvalue weighted by atomic mass is 79.9. The Morgan fingerprint density at radius 2 is 2.07 bits per heavy atom. The summed E-state index contributed by atoms with van der Waals surface area (Å²) in [7, 11) is 0. The highest BCUT2D eigenvalue weighted by molar-refractivity contribution is 9.10. The zero-order valence-electron chi connectivity index (χ0n) is 8.49. The smallest absolute Gasteiger partial charge is 0.0960 e. The third-order valence-electron chi connectivity index (χ3n) is 3.25. The number of fused-ring (bicyclic) bond motifs is 1. The summed E-state index contributed by atoms with van der Waals surface area (Å²) in [4.78, 5) is 4.45.